The van der Waals surface area contributed by atoms with E-state index in [9.17, 15) is 5.11 Å². The van der Waals surface area contributed by atoms with Crippen molar-refractivity contribution in [2.24, 2.45) is 5.10 Å². The van der Waals surface area contributed by atoms with Crippen LogP contribution in [-0.2, 0) is 0 Å². The van der Waals surface area contributed by atoms with E-state index >= 15 is 0 Å². The van der Waals surface area contributed by atoms with Gasteiger partial charge in [0.2, 0.25) is 0 Å². The number of ether oxygens (including phenoxy) is 1. The van der Waals surface area contributed by atoms with Crippen LogP contribution in [-0.4, -0.2) is 17.9 Å². The molecule has 0 fully saturated rings. The van der Waals surface area contributed by atoms with Gasteiger partial charge in [-0.3, -0.25) is 5.43 Å². The van der Waals surface area contributed by atoms with Crippen LogP contribution in [0.15, 0.2) is 47.6 Å². The van der Waals surface area contributed by atoms with Gasteiger partial charge in [0, 0.05) is 5.56 Å². The molecule has 0 heterocycles. The van der Waals surface area contributed by atoms with Crippen molar-refractivity contribution in [2.75, 3.05) is 12.5 Å². The van der Waals surface area contributed by atoms with E-state index < -0.39 is 0 Å². The fraction of sp³-hybridized carbons (Fsp3) is 0.188. The molecule has 0 aromatic heterocycles. The Bertz CT molecular complexity index is 619. The maximum absolute atomic E-state index is 9.87. The summed E-state index contributed by atoms with van der Waals surface area (Å²) in [5.74, 6) is 0.862. The molecule has 4 nitrogen and oxygen atoms in total. The maximum Gasteiger partial charge on any atom is 0.124 e. The van der Waals surface area contributed by atoms with Gasteiger partial charge in [-0.25, -0.2) is 0 Å². The largest absolute Gasteiger partial charge is 0.507 e. The first-order valence-electron chi connectivity index (χ1n) is 6.34. The van der Waals surface area contributed by atoms with Gasteiger partial charge in [0.1, 0.15) is 11.5 Å². The molecule has 0 saturated carbocycles. The molecule has 2 aromatic carbocycles. The Balaban J connectivity index is 2.19. The van der Waals surface area contributed by atoms with Crippen LogP contribution in [0.4, 0.5) is 5.69 Å². The average Bonchev–Trinajstić information content (AvgIpc) is 2.47. The highest BCUT2D eigenvalue weighted by Gasteiger charge is 2.06. The molecule has 0 unspecified atom stereocenters. The van der Waals surface area contributed by atoms with Gasteiger partial charge in [0.15, 0.2) is 0 Å². The number of hydrogen-bond donors (Lipinski definition) is 2. The first-order chi connectivity index (χ1) is 9.60. The average molecular weight is 270 g/mol. The van der Waals surface area contributed by atoms with Gasteiger partial charge in [-0.1, -0.05) is 17.7 Å². The molecule has 0 amide bonds. The Morgan fingerprint density at radius 1 is 1.15 bits per heavy atom. The molecule has 2 rings (SSSR count). The fourth-order valence-electron chi connectivity index (χ4n) is 1.77. The van der Waals surface area contributed by atoms with Crippen LogP contribution >= 0.6 is 0 Å². The highest BCUT2D eigenvalue weighted by molar-refractivity contribution is 6.01. The topological polar surface area (TPSA) is 53.9 Å². The quantitative estimate of drug-likeness (QED) is 0.660. The molecule has 2 N–H and O–H groups in total. The molecule has 20 heavy (non-hydrogen) atoms. The van der Waals surface area contributed by atoms with Crippen LogP contribution < -0.4 is 10.2 Å². The first-order valence-corrected chi connectivity index (χ1v) is 6.34. The molecule has 104 valence electrons. The summed E-state index contributed by atoms with van der Waals surface area (Å²) >= 11 is 0. The Kier molecular flexibility index (Phi) is 4.25. The zero-order valence-electron chi connectivity index (χ0n) is 11.8. The van der Waals surface area contributed by atoms with Crippen molar-refractivity contribution in [3.8, 4) is 11.5 Å². The van der Waals surface area contributed by atoms with Crippen molar-refractivity contribution in [1.29, 1.82) is 0 Å². The second-order valence-corrected chi connectivity index (χ2v) is 4.56. The number of methoxy groups -OCH3 is 1. The second-order valence-electron chi connectivity index (χ2n) is 4.56. The van der Waals surface area contributed by atoms with E-state index in [1.807, 2.05) is 38.1 Å². The van der Waals surface area contributed by atoms with Crippen molar-refractivity contribution < 1.29 is 9.84 Å². The molecule has 4 heteroatoms. The third-order valence-corrected chi connectivity index (χ3v) is 3.00. The molecule has 2 aromatic rings. The highest BCUT2D eigenvalue weighted by atomic mass is 16.5. The SMILES string of the molecule is COc1ccc(O)c(/C(C)=N/Nc2ccc(C)cc2)c1. The Labute approximate surface area is 118 Å². The zero-order valence-corrected chi connectivity index (χ0v) is 11.8. The number of aromatic hydroxyl groups is 1. The van der Waals surface area contributed by atoms with Crippen LogP contribution in [0.1, 0.15) is 18.1 Å². The molecule has 0 radical (unpaired) electrons. The number of rotatable bonds is 4. The van der Waals surface area contributed by atoms with Gasteiger partial charge in [-0.15, -0.1) is 0 Å². The molecule has 0 aliphatic rings. The first kappa shape index (κ1) is 13.9. The van der Waals surface area contributed by atoms with E-state index in [4.69, 9.17) is 4.74 Å². The summed E-state index contributed by atoms with van der Waals surface area (Å²) in [5.41, 5.74) is 6.39. The molecule has 0 atom stereocenters. The smallest absolute Gasteiger partial charge is 0.124 e. The van der Waals surface area contributed by atoms with Crippen molar-refractivity contribution in [3.63, 3.8) is 0 Å². The number of anilines is 1. The normalized spacial score (nSPS) is 11.2. The highest BCUT2D eigenvalue weighted by Crippen LogP contribution is 2.23. The summed E-state index contributed by atoms with van der Waals surface area (Å²) in [4.78, 5) is 0. The number of aryl methyl sites for hydroxylation is 1. The molecule has 0 spiro atoms. The third-order valence-electron chi connectivity index (χ3n) is 3.00. The molecular formula is C16H18N2O2. The summed E-state index contributed by atoms with van der Waals surface area (Å²) in [6.45, 7) is 3.86. The summed E-state index contributed by atoms with van der Waals surface area (Å²) in [6, 6.07) is 13.0. The number of hydrogen-bond acceptors (Lipinski definition) is 4. The van der Waals surface area contributed by atoms with Crippen molar-refractivity contribution in [1.82, 2.24) is 0 Å². The lowest BCUT2D eigenvalue weighted by atomic mass is 10.1. The van der Waals surface area contributed by atoms with E-state index in [0.29, 0.717) is 17.0 Å². The van der Waals surface area contributed by atoms with Crippen LogP contribution in [0.2, 0.25) is 0 Å². The summed E-state index contributed by atoms with van der Waals surface area (Å²) in [7, 11) is 1.59. The lowest BCUT2D eigenvalue weighted by Crippen LogP contribution is -2.00. The third kappa shape index (κ3) is 3.29. The monoisotopic (exact) mass is 270 g/mol. The van der Waals surface area contributed by atoms with E-state index in [-0.39, 0.29) is 5.75 Å². The predicted octanol–water partition coefficient (Wildman–Crippen LogP) is 3.55. The van der Waals surface area contributed by atoms with Gasteiger partial charge in [0.25, 0.3) is 0 Å². The molecular weight excluding hydrogens is 252 g/mol. The molecule has 0 aliphatic carbocycles. The standard InChI is InChI=1S/C16H18N2O2/c1-11-4-6-13(7-5-11)18-17-12(2)15-10-14(20-3)8-9-16(15)19/h4-10,18-19H,1-3H3/b17-12+. The number of hydrazone groups is 1. The lowest BCUT2D eigenvalue weighted by Gasteiger charge is -2.08. The minimum absolute atomic E-state index is 0.178. The Hall–Kier alpha value is -2.49. The lowest BCUT2D eigenvalue weighted by molar-refractivity contribution is 0.412. The fourth-order valence-corrected chi connectivity index (χ4v) is 1.77. The van der Waals surface area contributed by atoms with Crippen LogP contribution in [0.3, 0.4) is 0 Å². The van der Waals surface area contributed by atoms with Crippen LogP contribution in [0, 0.1) is 6.92 Å². The Morgan fingerprint density at radius 3 is 2.50 bits per heavy atom. The minimum atomic E-state index is 0.178. The number of nitrogens with one attached hydrogen (secondary N) is 1. The maximum atomic E-state index is 9.87. The molecule has 0 bridgehead atoms. The Morgan fingerprint density at radius 2 is 1.85 bits per heavy atom. The van der Waals surface area contributed by atoms with Gasteiger partial charge < -0.3 is 9.84 Å². The second kappa shape index (κ2) is 6.10. The zero-order chi connectivity index (χ0) is 14.5. The van der Waals surface area contributed by atoms with Gasteiger partial charge in [-0.05, 0) is 44.2 Å². The van der Waals surface area contributed by atoms with Crippen molar-refractivity contribution in [3.05, 3.63) is 53.6 Å². The number of phenols is 1. The summed E-state index contributed by atoms with van der Waals surface area (Å²) < 4.78 is 5.15. The van der Waals surface area contributed by atoms with Crippen LogP contribution in [0.25, 0.3) is 0 Å². The number of nitrogens with zero attached hydrogens (tertiary/aromatic N) is 1. The van der Waals surface area contributed by atoms with Crippen LogP contribution in [0.5, 0.6) is 11.5 Å². The number of benzene rings is 2. The minimum Gasteiger partial charge on any atom is -0.507 e. The molecule has 0 aliphatic heterocycles. The van der Waals surface area contributed by atoms with E-state index in [1.165, 1.54) is 5.56 Å². The van der Waals surface area contributed by atoms with E-state index in [2.05, 4.69) is 10.5 Å². The van der Waals surface area contributed by atoms with E-state index in [0.717, 1.165) is 5.69 Å². The van der Waals surface area contributed by atoms with Crippen molar-refractivity contribution >= 4 is 11.4 Å². The summed E-state index contributed by atoms with van der Waals surface area (Å²) in [6.07, 6.45) is 0. The van der Waals surface area contributed by atoms with Crippen molar-refractivity contribution in [2.45, 2.75) is 13.8 Å². The van der Waals surface area contributed by atoms with E-state index in [1.54, 1.807) is 25.3 Å². The molecule has 0 saturated heterocycles. The van der Waals surface area contributed by atoms with Gasteiger partial charge in [0.05, 0.1) is 18.5 Å². The number of phenolic OH excluding ortho intramolecular Hbond substituents is 1. The predicted molar refractivity (Wildman–Crippen MR) is 81.7 cm³/mol. The summed E-state index contributed by atoms with van der Waals surface area (Å²) in [5, 5.41) is 14.2. The van der Waals surface area contributed by atoms with Gasteiger partial charge in [-0.2, -0.15) is 5.10 Å². The van der Waals surface area contributed by atoms with Gasteiger partial charge >= 0.3 is 0 Å².